The van der Waals surface area contributed by atoms with Gasteiger partial charge >= 0.3 is 0 Å². The Morgan fingerprint density at radius 3 is 2.50 bits per heavy atom. The molecule has 1 aliphatic rings. The number of carbonyl (C=O) groups is 2. The summed E-state index contributed by atoms with van der Waals surface area (Å²) in [6.45, 7) is 5.58. The first-order chi connectivity index (χ1) is 8.56. The molecule has 0 aromatic heterocycles. The lowest BCUT2D eigenvalue weighted by Crippen LogP contribution is -2.34. The highest BCUT2D eigenvalue weighted by molar-refractivity contribution is 5.95. The number of rotatable bonds is 1. The molecule has 0 saturated carbocycles. The quantitative estimate of drug-likeness (QED) is 0.811. The third kappa shape index (κ3) is 2.88. The van der Waals surface area contributed by atoms with Crippen molar-refractivity contribution in [3.05, 3.63) is 34.9 Å². The summed E-state index contributed by atoms with van der Waals surface area (Å²) in [5.74, 6) is 0.0315. The number of carbonyl (C=O) groups excluding carboxylic acids is 2. The van der Waals surface area contributed by atoms with E-state index in [-0.39, 0.29) is 11.8 Å². The van der Waals surface area contributed by atoms with Crippen LogP contribution in [0, 0.1) is 13.8 Å². The summed E-state index contributed by atoms with van der Waals surface area (Å²) < 4.78 is 0. The zero-order valence-electron chi connectivity index (χ0n) is 10.8. The number of benzene rings is 1. The standard InChI is InChI=1S/C14H18N2O2/c1-10-7-11(2)9-12(8-10)14(18)16-5-3-13(17)15-4-6-16/h7-9H,3-6H2,1-2H3,(H,15,17). The van der Waals surface area contributed by atoms with Gasteiger partial charge < -0.3 is 10.2 Å². The molecular weight excluding hydrogens is 228 g/mol. The summed E-state index contributed by atoms with van der Waals surface area (Å²) >= 11 is 0. The Hall–Kier alpha value is -1.84. The number of hydrogen-bond donors (Lipinski definition) is 1. The molecule has 1 aromatic carbocycles. The summed E-state index contributed by atoms with van der Waals surface area (Å²) in [7, 11) is 0. The summed E-state index contributed by atoms with van der Waals surface area (Å²) in [6.07, 6.45) is 0.385. The van der Waals surface area contributed by atoms with Crippen LogP contribution in [0.3, 0.4) is 0 Å². The largest absolute Gasteiger partial charge is 0.354 e. The number of nitrogens with zero attached hydrogens (tertiary/aromatic N) is 1. The number of amides is 2. The van der Waals surface area contributed by atoms with E-state index >= 15 is 0 Å². The smallest absolute Gasteiger partial charge is 0.253 e. The highest BCUT2D eigenvalue weighted by Gasteiger charge is 2.19. The average molecular weight is 246 g/mol. The van der Waals surface area contributed by atoms with Crippen molar-refractivity contribution in [1.29, 1.82) is 0 Å². The van der Waals surface area contributed by atoms with E-state index in [1.54, 1.807) is 4.90 Å². The summed E-state index contributed by atoms with van der Waals surface area (Å²) in [6, 6.07) is 5.84. The normalized spacial score (nSPS) is 16.1. The van der Waals surface area contributed by atoms with E-state index in [9.17, 15) is 9.59 Å². The fourth-order valence-corrected chi connectivity index (χ4v) is 2.25. The van der Waals surface area contributed by atoms with Gasteiger partial charge in [-0.25, -0.2) is 0 Å². The predicted octanol–water partition coefficient (Wildman–Crippen LogP) is 1.27. The number of hydrogen-bond acceptors (Lipinski definition) is 2. The molecule has 96 valence electrons. The van der Waals surface area contributed by atoms with Crippen molar-refractivity contribution in [2.45, 2.75) is 20.3 Å². The van der Waals surface area contributed by atoms with Gasteiger partial charge in [-0.1, -0.05) is 17.2 Å². The first-order valence-electron chi connectivity index (χ1n) is 6.20. The molecule has 0 spiro atoms. The molecule has 4 nitrogen and oxygen atoms in total. The van der Waals surface area contributed by atoms with Crippen molar-refractivity contribution in [2.75, 3.05) is 19.6 Å². The molecule has 0 unspecified atom stereocenters. The van der Waals surface area contributed by atoms with Gasteiger partial charge in [0.25, 0.3) is 5.91 Å². The lowest BCUT2D eigenvalue weighted by atomic mass is 10.1. The Morgan fingerprint density at radius 1 is 1.17 bits per heavy atom. The van der Waals surface area contributed by atoms with E-state index in [0.29, 0.717) is 31.6 Å². The fraction of sp³-hybridized carbons (Fsp3) is 0.429. The Labute approximate surface area is 107 Å². The Balaban J connectivity index is 2.17. The van der Waals surface area contributed by atoms with Crippen molar-refractivity contribution in [3.63, 3.8) is 0 Å². The monoisotopic (exact) mass is 246 g/mol. The van der Waals surface area contributed by atoms with Crippen LogP contribution in [-0.4, -0.2) is 36.3 Å². The molecule has 1 aromatic rings. The minimum Gasteiger partial charge on any atom is -0.354 e. The van der Waals surface area contributed by atoms with Crippen molar-refractivity contribution in [1.82, 2.24) is 10.2 Å². The summed E-state index contributed by atoms with van der Waals surface area (Å²) in [5, 5.41) is 2.77. The second-order valence-electron chi connectivity index (χ2n) is 4.77. The number of aryl methyl sites for hydroxylation is 2. The number of nitrogens with one attached hydrogen (secondary N) is 1. The van der Waals surface area contributed by atoms with Gasteiger partial charge in [0.1, 0.15) is 0 Å². The van der Waals surface area contributed by atoms with Gasteiger partial charge in [-0.05, 0) is 26.0 Å². The first kappa shape index (κ1) is 12.6. The van der Waals surface area contributed by atoms with E-state index in [1.807, 2.05) is 32.0 Å². The maximum Gasteiger partial charge on any atom is 0.253 e. The Bertz CT molecular complexity index is 462. The van der Waals surface area contributed by atoms with Gasteiger partial charge in [0.2, 0.25) is 5.91 Å². The van der Waals surface area contributed by atoms with E-state index < -0.39 is 0 Å². The Kier molecular flexibility index (Phi) is 3.65. The first-order valence-corrected chi connectivity index (χ1v) is 6.20. The van der Waals surface area contributed by atoms with Crippen molar-refractivity contribution >= 4 is 11.8 Å². The van der Waals surface area contributed by atoms with Crippen molar-refractivity contribution in [3.8, 4) is 0 Å². The van der Waals surface area contributed by atoms with Crippen LogP contribution in [0.25, 0.3) is 0 Å². The van der Waals surface area contributed by atoms with E-state index in [2.05, 4.69) is 5.32 Å². The van der Waals surface area contributed by atoms with E-state index in [0.717, 1.165) is 11.1 Å². The molecule has 18 heavy (non-hydrogen) atoms. The third-order valence-electron chi connectivity index (χ3n) is 3.07. The van der Waals surface area contributed by atoms with Gasteiger partial charge in [-0.2, -0.15) is 0 Å². The molecule has 1 fully saturated rings. The van der Waals surface area contributed by atoms with Crippen LogP contribution in [0.15, 0.2) is 18.2 Å². The zero-order chi connectivity index (χ0) is 13.1. The summed E-state index contributed by atoms with van der Waals surface area (Å²) in [5.41, 5.74) is 2.88. The molecule has 4 heteroatoms. The molecular formula is C14H18N2O2. The highest BCUT2D eigenvalue weighted by atomic mass is 16.2. The Morgan fingerprint density at radius 2 is 1.83 bits per heavy atom. The summed E-state index contributed by atoms with van der Waals surface area (Å²) in [4.78, 5) is 25.3. The molecule has 1 N–H and O–H groups in total. The second kappa shape index (κ2) is 5.21. The maximum atomic E-state index is 12.4. The minimum atomic E-state index is 0.0123. The molecule has 0 atom stereocenters. The second-order valence-corrected chi connectivity index (χ2v) is 4.77. The van der Waals surface area contributed by atoms with Crippen molar-refractivity contribution < 1.29 is 9.59 Å². The van der Waals surface area contributed by atoms with Crippen LogP contribution >= 0.6 is 0 Å². The van der Waals surface area contributed by atoms with Gasteiger partial charge in [0.15, 0.2) is 0 Å². The topological polar surface area (TPSA) is 49.4 Å². The molecule has 0 bridgehead atoms. The maximum absolute atomic E-state index is 12.4. The van der Waals surface area contributed by atoms with Crippen LogP contribution in [0.5, 0.6) is 0 Å². The molecule has 0 aliphatic carbocycles. The van der Waals surface area contributed by atoms with Crippen LogP contribution in [0.4, 0.5) is 0 Å². The van der Waals surface area contributed by atoms with Crippen molar-refractivity contribution in [2.24, 2.45) is 0 Å². The third-order valence-corrected chi connectivity index (χ3v) is 3.07. The lowest BCUT2D eigenvalue weighted by molar-refractivity contribution is -0.120. The van der Waals surface area contributed by atoms with Gasteiger partial charge in [-0.3, -0.25) is 9.59 Å². The molecule has 2 rings (SSSR count). The SMILES string of the molecule is Cc1cc(C)cc(C(=O)N2CCNC(=O)CC2)c1. The van der Waals surface area contributed by atoms with Crippen LogP contribution < -0.4 is 5.32 Å². The van der Waals surface area contributed by atoms with E-state index in [1.165, 1.54) is 0 Å². The lowest BCUT2D eigenvalue weighted by Gasteiger charge is -2.20. The van der Waals surface area contributed by atoms with Gasteiger partial charge in [0, 0.05) is 31.6 Å². The van der Waals surface area contributed by atoms with Crippen LogP contribution in [-0.2, 0) is 4.79 Å². The molecule has 1 saturated heterocycles. The van der Waals surface area contributed by atoms with Crippen LogP contribution in [0.2, 0.25) is 0 Å². The molecule has 1 heterocycles. The van der Waals surface area contributed by atoms with E-state index in [4.69, 9.17) is 0 Å². The van der Waals surface area contributed by atoms with Crippen LogP contribution in [0.1, 0.15) is 27.9 Å². The average Bonchev–Trinajstić information content (AvgIpc) is 2.52. The molecule has 0 radical (unpaired) electrons. The van der Waals surface area contributed by atoms with Gasteiger partial charge in [-0.15, -0.1) is 0 Å². The molecule has 1 aliphatic heterocycles. The fourth-order valence-electron chi connectivity index (χ4n) is 2.25. The predicted molar refractivity (Wildman–Crippen MR) is 69.4 cm³/mol. The highest BCUT2D eigenvalue weighted by Crippen LogP contribution is 2.12. The molecule has 2 amide bonds. The van der Waals surface area contributed by atoms with Gasteiger partial charge in [0.05, 0.1) is 0 Å². The minimum absolute atomic E-state index is 0.0123. The zero-order valence-corrected chi connectivity index (χ0v) is 10.8.